The van der Waals surface area contributed by atoms with Crippen LogP contribution in [-0.2, 0) is 0 Å². The molecule has 0 unspecified atom stereocenters. The van der Waals surface area contributed by atoms with Gasteiger partial charge >= 0.3 is 0 Å². The van der Waals surface area contributed by atoms with E-state index in [0.717, 1.165) is 38.4 Å². The Morgan fingerprint density at radius 1 is 1.00 bits per heavy atom. The minimum atomic E-state index is -0.267. The highest BCUT2D eigenvalue weighted by molar-refractivity contribution is 6.26. The largest absolute Gasteiger partial charge is 0.379 e. The lowest BCUT2D eigenvalue weighted by Gasteiger charge is -2.36. The minimum Gasteiger partial charge on any atom is -0.379 e. The maximum atomic E-state index is 12.8. The second-order valence-electron chi connectivity index (χ2n) is 7.51. The van der Waals surface area contributed by atoms with Crippen molar-refractivity contribution in [1.82, 2.24) is 20.6 Å². The third-order valence-corrected chi connectivity index (χ3v) is 5.61. The summed E-state index contributed by atoms with van der Waals surface area (Å²) < 4.78 is 0. The molecule has 4 N–H and O–H groups in total. The van der Waals surface area contributed by atoms with E-state index >= 15 is 0 Å². The summed E-state index contributed by atoms with van der Waals surface area (Å²) in [5, 5.41) is 3.14. The molecule has 1 aliphatic carbocycles. The number of fused-ring (bicyclic) bond motifs is 1. The third kappa shape index (κ3) is 3.92. The number of carbonyl (C=O) groups excluding carboxylic acids is 2. The van der Waals surface area contributed by atoms with E-state index in [1.807, 2.05) is 19.2 Å². The molecule has 1 fully saturated rings. The first-order chi connectivity index (χ1) is 14.6. The predicted octanol–water partition coefficient (Wildman–Crippen LogP) is 0.856. The van der Waals surface area contributed by atoms with Gasteiger partial charge in [0.25, 0.3) is 0 Å². The molecule has 0 bridgehead atoms. The Hall–Kier alpha value is -3.23. The maximum Gasteiger partial charge on any atom is 0.213 e. The number of hydrogen-bond donors (Lipinski definition) is 3. The van der Waals surface area contributed by atoms with E-state index in [9.17, 15) is 9.59 Å². The topological polar surface area (TPSA) is 104 Å². The fourth-order valence-corrected chi connectivity index (χ4v) is 3.98. The number of nitrogens with zero attached hydrogens (tertiary/aromatic N) is 3. The molecule has 0 radical (unpaired) electrons. The average Bonchev–Trinajstić information content (AvgIpc) is 2.77. The van der Waals surface area contributed by atoms with Crippen molar-refractivity contribution in [3.63, 3.8) is 0 Å². The molecular formula is C22H26N6O2. The number of nitrogens with one attached hydrogen (secondary N) is 2. The quantitative estimate of drug-likeness (QED) is 0.479. The fraction of sp³-hybridized carbons (Fsp3) is 0.318. The highest BCUT2D eigenvalue weighted by Crippen LogP contribution is 2.23. The van der Waals surface area contributed by atoms with Crippen molar-refractivity contribution < 1.29 is 9.59 Å². The number of piperazine rings is 1. The van der Waals surface area contributed by atoms with Crippen LogP contribution in [0.1, 0.15) is 26.4 Å². The summed E-state index contributed by atoms with van der Waals surface area (Å²) in [5.74, 6) is 5.08. The third-order valence-electron chi connectivity index (χ3n) is 5.61. The number of aryl methyl sites for hydroxylation is 1. The van der Waals surface area contributed by atoms with E-state index in [-0.39, 0.29) is 23.0 Å². The van der Waals surface area contributed by atoms with Crippen LogP contribution < -0.4 is 21.5 Å². The number of Topliss-reactive ketones (excluding diaryl/α,β-unsaturated/α-hetero) is 2. The van der Waals surface area contributed by atoms with Gasteiger partial charge in [0.2, 0.25) is 11.6 Å². The van der Waals surface area contributed by atoms with Gasteiger partial charge < -0.3 is 15.6 Å². The Morgan fingerprint density at radius 2 is 1.67 bits per heavy atom. The van der Waals surface area contributed by atoms with Crippen molar-refractivity contribution >= 4 is 17.3 Å². The molecule has 0 spiro atoms. The smallest absolute Gasteiger partial charge is 0.213 e. The summed E-state index contributed by atoms with van der Waals surface area (Å²) in [4.78, 5) is 34.5. The Balaban J connectivity index is 1.34. The predicted molar refractivity (Wildman–Crippen MR) is 115 cm³/mol. The monoisotopic (exact) mass is 406 g/mol. The van der Waals surface area contributed by atoms with E-state index in [1.165, 1.54) is 5.69 Å². The molecule has 1 aromatic carbocycles. The number of benzene rings is 1. The standard InChI is InChI=1S/C22H26N6O2/c1-15-14-16(6-7-24-15)28-12-10-27(11-13-28)9-8-25-19-20(26-23)22(30)18-5-3-2-4-17(18)21(19)29/h2-7,14,25-26H,8-13,23H2,1H3. The molecule has 0 saturated carbocycles. The molecule has 8 nitrogen and oxygen atoms in total. The van der Waals surface area contributed by atoms with Crippen LogP contribution >= 0.6 is 0 Å². The number of anilines is 1. The van der Waals surface area contributed by atoms with Gasteiger partial charge in [-0.1, -0.05) is 24.3 Å². The van der Waals surface area contributed by atoms with Gasteiger partial charge in [-0.05, 0) is 19.1 Å². The van der Waals surface area contributed by atoms with Gasteiger partial charge in [0, 0.05) is 68.0 Å². The number of rotatable bonds is 6. The van der Waals surface area contributed by atoms with Crippen LogP contribution in [0.25, 0.3) is 0 Å². The molecule has 1 aliphatic heterocycles. The van der Waals surface area contributed by atoms with Gasteiger partial charge in [-0.2, -0.15) is 0 Å². The first kappa shape index (κ1) is 20.1. The van der Waals surface area contributed by atoms with Crippen molar-refractivity contribution in [2.24, 2.45) is 5.84 Å². The van der Waals surface area contributed by atoms with Gasteiger partial charge in [0.15, 0.2) is 0 Å². The van der Waals surface area contributed by atoms with Gasteiger partial charge in [-0.15, -0.1) is 0 Å². The zero-order valence-electron chi connectivity index (χ0n) is 17.0. The Morgan fingerprint density at radius 3 is 2.30 bits per heavy atom. The summed E-state index contributed by atoms with van der Waals surface area (Å²) in [5.41, 5.74) is 5.79. The number of hydrogen-bond acceptors (Lipinski definition) is 8. The molecule has 1 aromatic heterocycles. The SMILES string of the molecule is Cc1cc(N2CCN(CCNC3=C(NN)C(=O)c4ccccc4C3=O)CC2)ccn1. The maximum absolute atomic E-state index is 12.8. The van der Waals surface area contributed by atoms with E-state index in [0.29, 0.717) is 17.7 Å². The van der Waals surface area contributed by atoms with Crippen LogP contribution in [0.5, 0.6) is 0 Å². The van der Waals surface area contributed by atoms with Crippen molar-refractivity contribution in [3.05, 3.63) is 70.8 Å². The Labute approximate surface area is 175 Å². The zero-order valence-corrected chi connectivity index (χ0v) is 17.0. The highest BCUT2D eigenvalue weighted by atomic mass is 16.1. The second-order valence-corrected chi connectivity index (χ2v) is 7.51. The summed E-state index contributed by atoms with van der Waals surface area (Å²) in [7, 11) is 0. The number of carbonyl (C=O) groups is 2. The number of nitrogens with two attached hydrogens (primary N) is 1. The van der Waals surface area contributed by atoms with Crippen LogP contribution in [0.15, 0.2) is 54.0 Å². The summed E-state index contributed by atoms with van der Waals surface area (Å²) >= 11 is 0. The Bertz CT molecular complexity index is 995. The van der Waals surface area contributed by atoms with E-state index in [2.05, 4.69) is 31.6 Å². The second kappa shape index (κ2) is 8.64. The lowest BCUT2D eigenvalue weighted by atomic mass is 9.90. The lowest BCUT2D eigenvalue weighted by Crippen LogP contribution is -2.48. The normalized spacial score (nSPS) is 17.2. The molecule has 8 heteroatoms. The van der Waals surface area contributed by atoms with Crippen molar-refractivity contribution in [2.45, 2.75) is 6.92 Å². The van der Waals surface area contributed by atoms with Gasteiger partial charge in [0.1, 0.15) is 11.4 Å². The number of ketones is 2. The van der Waals surface area contributed by atoms with Crippen molar-refractivity contribution in [3.8, 4) is 0 Å². The Kier molecular flexibility index (Phi) is 5.78. The summed E-state index contributed by atoms with van der Waals surface area (Å²) in [6.45, 7) is 7.06. The van der Waals surface area contributed by atoms with Crippen LogP contribution in [-0.4, -0.2) is 60.7 Å². The fourth-order valence-electron chi connectivity index (χ4n) is 3.98. The molecule has 0 atom stereocenters. The molecule has 156 valence electrons. The van der Waals surface area contributed by atoms with Crippen LogP contribution in [0.2, 0.25) is 0 Å². The molecule has 4 rings (SSSR count). The molecule has 2 aliphatic rings. The number of pyridine rings is 1. The molecular weight excluding hydrogens is 380 g/mol. The lowest BCUT2D eigenvalue weighted by molar-refractivity contribution is 0.0962. The van der Waals surface area contributed by atoms with Gasteiger partial charge in [0.05, 0.1) is 0 Å². The molecule has 1 saturated heterocycles. The number of hydrazine groups is 1. The number of allylic oxidation sites excluding steroid dienone is 2. The first-order valence-electron chi connectivity index (χ1n) is 10.1. The van der Waals surface area contributed by atoms with E-state index in [4.69, 9.17) is 5.84 Å². The zero-order chi connectivity index (χ0) is 21.1. The highest BCUT2D eigenvalue weighted by Gasteiger charge is 2.31. The van der Waals surface area contributed by atoms with Crippen molar-refractivity contribution in [1.29, 1.82) is 0 Å². The van der Waals surface area contributed by atoms with Crippen molar-refractivity contribution in [2.75, 3.05) is 44.2 Å². The van der Waals surface area contributed by atoms with E-state index in [1.54, 1.807) is 24.3 Å². The average molecular weight is 406 g/mol. The molecule has 2 heterocycles. The summed E-state index contributed by atoms with van der Waals surface area (Å²) in [6, 6.07) is 11.0. The minimum absolute atomic E-state index is 0.122. The number of aromatic nitrogens is 1. The van der Waals surface area contributed by atoms with Crippen LogP contribution in [0.4, 0.5) is 5.69 Å². The summed E-state index contributed by atoms with van der Waals surface area (Å²) in [6.07, 6.45) is 1.85. The molecule has 0 amide bonds. The van der Waals surface area contributed by atoms with Crippen LogP contribution in [0, 0.1) is 6.92 Å². The van der Waals surface area contributed by atoms with Gasteiger partial charge in [-0.3, -0.25) is 25.3 Å². The van der Waals surface area contributed by atoms with E-state index < -0.39 is 0 Å². The first-order valence-corrected chi connectivity index (χ1v) is 10.1. The van der Waals surface area contributed by atoms with Crippen LogP contribution in [0.3, 0.4) is 0 Å². The molecule has 2 aromatic rings. The van der Waals surface area contributed by atoms with Gasteiger partial charge in [-0.25, -0.2) is 0 Å². The molecule has 30 heavy (non-hydrogen) atoms.